The molecule has 0 atom stereocenters. The van der Waals surface area contributed by atoms with Crippen molar-refractivity contribution in [2.75, 3.05) is 46.5 Å². The fraction of sp³-hybridized carbons (Fsp3) is 0.471. The summed E-state index contributed by atoms with van der Waals surface area (Å²) in [6, 6.07) is 7.60. The highest BCUT2D eigenvalue weighted by atomic mass is 16.5. The third-order valence-corrected chi connectivity index (χ3v) is 3.75. The highest BCUT2D eigenvalue weighted by Gasteiger charge is 2.12. The first-order valence-electron chi connectivity index (χ1n) is 7.79. The quantitative estimate of drug-likeness (QED) is 0.556. The standard InChI is InChI=1S/C17H24N2O3/c1-21-16-6-3-15(4-7-16)5-8-17(20)18-9-2-10-19-11-13-22-14-12-19/h3-8H,2,9-14H2,1H3,(H,18,20)/p+1/b8-5+. The zero-order chi connectivity index (χ0) is 15.6. The number of ether oxygens (including phenoxy) is 2. The van der Waals surface area contributed by atoms with Crippen LogP contribution in [-0.4, -0.2) is 52.4 Å². The number of quaternary nitrogens is 1. The van der Waals surface area contributed by atoms with Gasteiger partial charge in [-0.1, -0.05) is 12.1 Å². The SMILES string of the molecule is COc1ccc(/C=C/C(=O)NCCC[NH+]2CCOCC2)cc1. The van der Waals surface area contributed by atoms with E-state index in [1.54, 1.807) is 18.1 Å². The molecule has 1 saturated heterocycles. The Morgan fingerprint density at radius 3 is 2.73 bits per heavy atom. The third-order valence-electron chi connectivity index (χ3n) is 3.75. The Morgan fingerprint density at radius 2 is 2.05 bits per heavy atom. The molecule has 22 heavy (non-hydrogen) atoms. The fourth-order valence-corrected chi connectivity index (χ4v) is 2.41. The molecule has 0 saturated carbocycles. The highest BCUT2D eigenvalue weighted by Crippen LogP contribution is 2.12. The van der Waals surface area contributed by atoms with Crippen molar-refractivity contribution in [1.82, 2.24) is 5.32 Å². The van der Waals surface area contributed by atoms with E-state index in [0.717, 1.165) is 57.1 Å². The van der Waals surface area contributed by atoms with Crippen molar-refractivity contribution in [3.8, 4) is 5.75 Å². The second-order valence-corrected chi connectivity index (χ2v) is 5.36. The molecule has 1 aliphatic heterocycles. The molecule has 2 rings (SSSR count). The molecule has 120 valence electrons. The Hall–Kier alpha value is -1.85. The van der Waals surface area contributed by atoms with Crippen molar-refractivity contribution in [3.63, 3.8) is 0 Å². The molecule has 0 unspecified atom stereocenters. The second-order valence-electron chi connectivity index (χ2n) is 5.36. The van der Waals surface area contributed by atoms with Crippen molar-refractivity contribution in [1.29, 1.82) is 0 Å². The number of rotatable bonds is 7. The summed E-state index contributed by atoms with van der Waals surface area (Å²) in [5, 5.41) is 2.92. The van der Waals surface area contributed by atoms with Crippen LogP contribution in [0.2, 0.25) is 0 Å². The predicted molar refractivity (Wildman–Crippen MR) is 86.0 cm³/mol. The number of benzene rings is 1. The Labute approximate surface area is 131 Å². The van der Waals surface area contributed by atoms with E-state index in [0.29, 0.717) is 0 Å². The van der Waals surface area contributed by atoms with Crippen LogP contribution >= 0.6 is 0 Å². The maximum absolute atomic E-state index is 11.7. The number of carbonyl (C=O) groups excluding carboxylic acids is 1. The van der Waals surface area contributed by atoms with Gasteiger partial charge in [0.1, 0.15) is 18.8 Å². The van der Waals surface area contributed by atoms with E-state index < -0.39 is 0 Å². The lowest BCUT2D eigenvalue weighted by atomic mass is 10.2. The van der Waals surface area contributed by atoms with Crippen molar-refractivity contribution in [3.05, 3.63) is 35.9 Å². The molecule has 1 heterocycles. The fourth-order valence-electron chi connectivity index (χ4n) is 2.41. The molecule has 2 N–H and O–H groups in total. The summed E-state index contributed by atoms with van der Waals surface area (Å²) in [6.45, 7) is 5.66. The summed E-state index contributed by atoms with van der Waals surface area (Å²) < 4.78 is 10.4. The first-order valence-corrected chi connectivity index (χ1v) is 7.79. The second kappa shape index (κ2) is 9.23. The van der Waals surface area contributed by atoms with E-state index in [4.69, 9.17) is 9.47 Å². The van der Waals surface area contributed by atoms with Gasteiger partial charge in [0.25, 0.3) is 0 Å². The minimum Gasteiger partial charge on any atom is -0.497 e. The van der Waals surface area contributed by atoms with Gasteiger partial charge in [0.2, 0.25) is 5.91 Å². The van der Waals surface area contributed by atoms with Crippen LogP contribution in [0.3, 0.4) is 0 Å². The van der Waals surface area contributed by atoms with Crippen LogP contribution in [0.4, 0.5) is 0 Å². The Balaban J connectivity index is 1.63. The lowest BCUT2D eigenvalue weighted by molar-refractivity contribution is -0.908. The number of nitrogens with one attached hydrogen (secondary N) is 2. The number of morpholine rings is 1. The van der Waals surface area contributed by atoms with Crippen LogP contribution in [0.5, 0.6) is 5.75 Å². The Kier molecular flexibility index (Phi) is 6.93. The number of amides is 1. The minimum atomic E-state index is -0.0483. The van der Waals surface area contributed by atoms with Gasteiger partial charge in [-0.15, -0.1) is 0 Å². The maximum Gasteiger partial charge on any atom is 0.244 e. The molecule has 1 aromatic carbocycles. The molecule has 1 aliphatic rings. The summed E-state index contributed by atoms with van der Waals surface area (Å²) in [7, 11) is 1.64. The summed E-state index contributed by atoms with van der Waals surface area (Å²) >= 11 is 0. The van der Waals surface area contributed by atoms with E-state index in [1.807, 2.05) is 30.3 Å². The summed E-state index contributed by atoms with van der Waals surface area (Å²) in [5.74, 6) is 0.764. The molecule has 5 nitrogen and oxygen atoms in total. The molecule has 0 aromatic heterocycles. The summed E-state index contributed by atoms with van der Waals surface area (Å²) in [5.41, 5.74) is 0.980. The molecule has 0 aliphatic carbocycles. The monoisotopic (exact) mass is 305 g/mol. The van der Waals surface area contributed by atoms with Gasteiger partial charge in [0.05, 0.1) is 26.9 Å². The Morgan fingerprint density at radius 1 is 1.32 bits per heavy atom. The molecule has 1 aromatic rings. The first-order chi connectivity index (χ1) is 10.8. The average Bonchev–Trinajstić information content (AvgIpc) is 2.58. The van der Waals surface area contributed by atoms with E-state index in [1.165, 1.54) is 0 Å². The maximum atomic E-state index is 11.7. The molecule has 1 fully saturated rings. The molecule has 0 spiro atoms. The Bertz CT molecular complexity index is 479. The third kappa shape index (κ3) is 5.87. The van der Waals surface area contributed by atoms with Crippen molar-refractivity contribution in [2.45, 2.75) is 6.42 Å². The minimum absolute atomic E-state index is 0.0483. The normalized spacial score (nSPS) is 15.9. The number of hydrogen-bond donors (Lipinski definition) is 2. The topological polar surface area (TPSA) is 52.0 Å². The van der Waals surface area contributed by atoms with Gasteiger partial charge in [-0.3, -0.25) is 4.79 Å². The van der Waals surface area contributed by atoms with E-state index in [9.17, 15) is 4.79 Å². The van der Waals surface area contributed by atoms with Crippen LogP contribution in [0.1, 0.15) is 12.0 Å². The van der Waals surface area contributed by atoms with Gasteiger partial charge < -0.3 is 19.7 Å². The molecule has 5 heteroatoms. The highest BCUT2D eigenvalue weighted by molar-refractivity contribution is 5.91. The lowest BCUT2D eigenvalue weighted by Crippen LogP contribution is -3.14. The van der Waals surface area contributed by atoms with Gasteiger partial charge in [-0.05, 0) is 23.8 Å². The van der Waals surface area contributed by atoms with Crippen LogP contribution in [0.25, 0.3) is 6.08 Å². The zero-order valence-corrected chi connectivity index (χ0v) is 13.1. The summed E-state index contributed by atoms with van der Waals surface area (Å²) in [6.07, 6.45) is 4.38. The summed E-state index contributed by atoms with van der Waals surface area (Å²) in [4.78, 5) is 13.3. The van der Waals surface area contributed by atoms with Crippen LogP contribution in [0.15, 0.2) is 30.3 Å². The lowest BCUT2D eigenvalue weighted by Gasteiger charge is -2.23. The molecular formula is C17H25N2O3+. The first kappa shape index (κ1) is 16.5. The average molecular weight is 305 g/mol. The van der Waals surface area contributed by atoms with Crippen molar-refractivity contribution >= 4 is 12.0 Å². The number of carbonyl (C=O) groups is 1. The van der Waals surface area contributed by atoms with Crippen molar-refractivity contribution < 1.29 is 19.2 Å². The van der Waals surface area contributed by atoms with E-state index in [2.05, 4.69) is 5.32 Å². The predicted octanol–water partition coefficient (Wildman–Crippen LogP) is 0.130. The number of hydrogen-bond acceptors (Lipinski definition) is 3. The van der Waals surface area contributed by atoms with Gasteiger partial charge in [-0.25, -0.2) is 0 Å². The van der Waals surface area contributed by atoms with Gasteiger partial charge in [-0.2, -0.15) is 0 Å². The van der Waals surface area contributed by atoms with Crippen molar-refractivity contribution in [2.24, 2.45) is 0 Å². The van der Waals surface area contributed by atoms with E-state index >= 15 is 0 Å². The zero-order valence-electron chi connectivity index (χ0n) is 13.1. The molecule has 0 bridgehead atoms. The van der Waals surface area contributed by atoms with Gasteiger partial charge >= 0.3 is 0 Å². The molecule has 1 amide bonds. The van der Waals surface area contributed by atoms with Gasteiger partial charge in [0, 0.05) is 19.0 Å². The van der Waals surface area contributed by atoms with E-state index in [-0.39, 0.29) is 5.91 Å². The smallest absolute Gasteiger partial charge is 0.244 e. The van der Waals surface area contributed by atoms with Crippen LogP contribution in [-0.2, 0) is 9.53 Å². The van der Waals surface area contributed by atoms with Crippen LogP contribution < -0.4 is 15.0 Å². The largest absolute Gasteiger partial charge is 0.497 e. The molecule has 0 radical (unpaired) electrons. The van der Waals surface area contributed by atoms with Gasteiger partial charge in [0.15, 0.2) is 0 Å². The number of methoxy groups -OCH3 is 1. The molecular weight excluding hydrogens is 280 g/mol. The van der Waals surface area contributed by atoms with Crippen LogP contribution in [0, 0.1) is 0 Å².